The fourth-order valence-electron chi connectivity index (χ4n) is 2.91. The number of aliphatic hydroxyl groups is 1. The third-order valence-corrected chi connectivity index (χ3v) is 4.10. The van der Waals surface area contributed by atoms with Crippen LogP contribution in [0.1, 0.15) is 24.0 Å². The third-order valence-electron chi connectivity index (χ3n) is 4.10. The second-order valence-electron chi connectivity index (χ2n) is 6.30. The molecule has 0 bridgehead atoms. The molecular weight excluding hydrogens is 278 g/mol. The van der Waals surface area contributed by atoms with Gasteiger partial charge in [0.2, 0.25) is 0 Å². The van der Waals surface area contributed by atoms with Crippen LogP contribution >= 0.6 is 0 Å². The van der Waals surface area contributed by atoms with Gasteiger partial charge in [-0.2, -0.15) is 0 Å². The molecule has 22 heavy (non-hydrogen) atoms. The Bertz CT molecular complexity index is 491. The van der Waals surface area contributed by atoms with Crippen molar-refractivity contribution in [2.45, 2.75) is 25.9 Å². The highest BCUT2D eigenvalue weighted by molar-refractivity contribution is 5.74. The molecular formula is C17H27N3O2. The SMILES string of the molecule is CN(C)Cc1ccccc1CNC(=O)N1CCCC(CO)C1. The van der Waals surface area contributed by atoms with Crippen molar-refractivity contribution in [1.82, 2.24) is 15.1 Å². The maximum Gasteiger partial charge on any atom is 0.317 e. The van der Waals surface area contributed by atoms with Crippen molar-refractivity contribution in [2.75, 3.05) is 33.8 Å². The van der Waals surface area contributed by atoms with Crippen LogP contribution in [0.15, 0.2) is 24.3 Å². The summed E-state index contributed by atoms with van der Waals surface area (Å²) in [5, 5.41) is 12.3. The monoisotopic (exact) mass is 305 g/mol. The fourth-order valence-corrected chi connectivity index (χ4v) is 2.91. The molecule has 1 aromatic carbocycles. The predicted molar refractivity (Wildman–Crippen MR) is 87.5 cm³/mol. The molecule has 5 heteroatoms. The number of amides is 2. The summed E-state index contributed by atoms with van der Waals surface area (Å²) < 4.78 is 0. The summed E-state index contributed by atoms with van der Waals surface area (Å²) in [4.78, 5) is 16.2. The van der Waals surface area contributed by atoms with Crippen LogP contribution in [-0.2, 0) is 13.1 Å². The van der Waals surface area contributed by atoms with Crippen molar-refractivity contribution < 1.29 is 9.90 Å². The second kappa shape index (κ2) is 8.15. The first-order valence-electron chi connectivity index (χ1n) is 7.95. The van der Waals surface area contributed by atoms with Gasteiger partial charge in [-0.1, -0.05) is 24.3 Å². The maximum absolute atomic E-state index is 12.3. The van der Waals surface area contributed by atoms with Crippen molar-refractivity contribution in [1.29, 1.82) is 0 Å². The van der Waals surface area contributed by atoms with Gasteiger partial charge in [-0.05, 0) is 44.0 Å². The van der Waals surface area contributed by atoms with E-state index < -0.39 is 0 Å². The van der Waals surface area contributed by atoms with Crippen molar-refractivity contribution in [3.05, 3.63) is 35.4 Å². The average molecular weight is 305 g/mol. The molecule has 122 valence electrons. The third kappa shape index (κ3) is 4.71. The molecule has 0 spiro atoms. The Morgan fingerprint density at radius 2 is 2.09 bits per heavy atom. The Balaban J connectivity index is 1.91. The van der Waals surface area contributed by atoms with Gasteiger partial charge in [0, 0.05) is 32.8 Å². The molecule has 0 radical (unpaired) electrons. The molecule has 1 saturated heterocycles. The number of hydrogen-bond acceptors (Lipinski definition) is 3. The lowest BCUT2D eigenvalue weighted by Crippen LogP contribution is -2.46. The van der Waals surface area contributed by atoms with E-state index >= 15 is 0 Å². The first-order valence-corrected chi connectivity index (χ1v) is 7.95. The quantitative estimate of drug-likeness (QED) is 0.870. The minimum Gasteiger partial charge on any atom is -0.396 e. The highest BCUT2D eigenvalue weighted by Crippen LogP contribution is 2.16. The molecule has 0 aromatic heterocycles. The Hall–Kier alpha value is -1.59. The molecule has 1 aromatic rings. The van der Waals surface area contributed by atoms with Crippen LogP contribution in [0, 0.1) is 5.92 Å². The second-order valence-corrected chi connectivity index (χ2v) is 6.30. The highest BCUT2D eigenvalue weighted by Gasteiger charge is 2.22. The van der Waals surface area contributed by atoms with E-state index in [1.165, 1.54) is 5.56 Å². The van der Waals surface area contributed by atoms with Crippen LogP contribution in [0.2, 0.25) is 0 Å². The zero-order chi connectivity index (χ0) is 15.9. The molecule has 0 aliphatic carbocycles. The maximum atomic E-state index is 12.3. The summed E-state index contributed by atoms with van der Waals surface area (Å²) in [6, 6.07) is 8.16. The number of carbonyl (C=O) groups is 1. The van der Waals surface area contributed by atoms with E-state index in [1.807, 2.05) is 31.1 Å². The lowest BCUT2D eigenvalue weighted by Gasteiger charge is -2.32. The number of nitrogens with one attached hydrogen (secondary N) is 1. The molecule has 2 rings (SSSR count). The number of nitrogens with zero attached hydrogens (tertiary/aromatic N) is 2. The number of aliphatic hydroxyl groups excluding tert-OH is 1. The van der Waals surface area contributed by atoms with Gasteiger partial charge in [0.25, 0.3) is 0 Å². The van der Waals surface area contributed by atoms with Crippen LogP contribution in [0.4, 0.5) is 4.79 Å². The number of piperidine rings is 1. The Kier molecular flexibility index (Phi) is 6.21. The molecule has 2 amide bonds. The lowest BCUT2D eigenvalue weighted by atomic mass is 9.99. The van der Waals surface area contributed by atoms with Crippen LogP contribution in [-0.4, -0.2) is 54.7 Å². The molecule has 1 aliphatic rings. The number of rotatable bonds is 5. The van der Waals surface area contributed by atoms with Crippen molar-refractivity contribution in [3.8, 4) is 0 Å². The van der Waals surface area contributed by atoms with Gasteiger partial charge in [-0.3, -0.25) is 0 Å². The van der Waals surface area contributed by atoms with E-state index in [0.717, 1.165) is 31.5 Å². The van der Waals surface area contributed by atoms with Crippen molar-refractivity contribution in [3.63, 3.8) is 0 Å². The minimum absolute atomic E-state index is 0.0298. The van der Waals surface area contributed by atoms with Crippen molar-refractivity contribution >= 4 is 6.03 Å². The molecule has 1 atom stereocenters. The highest BCUT2D eigenvalue weighted by atomic mass is 16.3. The molecule has 1 unspecified atom stereocenters. The van der Waals surface area contributed by atoms with Gasteiger partial charge in [-0.15, -0.1) is 0 Å². The van der Waals surface area contributed by atoms with Gasteiger partial charge < -0.3 is 20.2 Å². The molecule has 1 aliphatic heterocycles. The summed E-state index contributed by atoms with van der Waals surface area (Å²) in [7, 11) is 4.08. The van der Waals surface area contributed by atoms with Gasteiger partial charge in [-0.25, -0.2) is 4.79 Å². The van der Waals surface area contributed by atoms with Crippen LogP contribution in [0.5, 0.6) is 0 Å². The number of benzene rings is 1. The number of likely N-dealkylation sites (tertiary alicyclic amines) is 1. The van der Waals surface area contributed by atoms with Crippen LogP contribution in [0.3, 0.4) is 0 Å². The Morgan fingerprint density at radius 1 is 1.36 bits per heavy atom. The lowest BCUT2D eigenvalue weighted by molar-refractivity contribution is 0.129. The molecule has 0 saturated carbocycles. The zero-order valence-electron chi connectivity index (χ0n) is 13.6. The standard InChI is InChI=1S/C17H27N3O2/c1-19(2)12-16-8-4-3-7-15(16)10-18-17(22)20-9-5-6-14(11-20)13-21/h3-4,7-8,14,21H,5-6,9-13H2,1-2H3,(H,18,22). The molecule has 5 nitrogen and oxygen atoms in total. The summed E-state index contributed by atoms with van der Waals surface area (Å²) in [5.41, 5.74) is 2.39. The first-order chi connectivity index (χ1) is 10.6. The molecule has 1 fully saturated rings. The summed E-state index contributed by atoms with van der Waals surface area (Å²) in [6.45, 7) is 3.00. The van der Waals surface area contributed by atoms with E-state index in [4.69, 9.17) is 0 Å². The fraction of sp³-hybridized carbons (Fsp3) is 0.588. The zero-order valence-corrected chi connectivity index (χ0v) is 13.6. The topological polar surface area (TPSA) is 55.8 Å². The summed E-state index contributed by atoms with van der Waals surface area (Å²) in [5.74, 6) is 0.223. The van der Waals surface area contributed by atoms with E-state index in [2.05, 4.69) is 22.3 Å². The van der Waals surface area contributed by atoms with Gasteiger partial charge in [0.05, 0.1) is 0 Å². The number of carbonyl (C=O) groups excluding carboxylic acids is 1. The van der Waals surface area contributed by atoms with E-state index in [0.29, 0.717) is 13.1 Å². The molecule has 1 heterocycles. The Labute approximate surface area is 132 Å². The summed E-state index contributed by atoms with van der Waals surface area (Å²) >= 11 is 0. The number of hydrogen-bond donors (Lipinski definition) is 2. The van der Waals surface area contributed by atoms with Gasteiger partial charge in [0.1, 0.15) is 0 Å². The van der Waals surface area contributed by atoms with E-state index in [9.17, 15) is 9.90 Å². The van der Waals surface area contributed by atoms with E-state index in [-0.39, 0.29) is 18.6 Å². The van der Waals surface area contributed by atoms with Gasteiger partial charge >= 0.3 is 6.03 Å². The normalized spacial score (nSPS) is 18.5. The minimum atomic E-state index is -0.0298. The van der Waals surface area contributed by atoms with E-state index in [1.54, 1.807) is 0 Å². The molecule has 2 N–H and O–H groups in total. The number of urea groups is 1. The van der Waals surface area contributed by atoms with Crippen LogP contribution < -0.4 is 5.32 Å². The Morgan fingerprint density at radius 3 is 2.77 bits per heavy atom. The largest absolute Gasteiger partial charge is 0.396 e. The summed E-state index contributed by atoms with van der Waals surface area (Å²) in [6.07, 6.45) is 1.97. The van der Waals surface area contributed by atoms with Gasteiger partial charge in [0.15, 0.2) is 0 Å². The van der Waals surface area contributed by atoms with Crippen molar-refractivity contribution in [2.24, 2.45) is 5.92 Å². The van der Waals surface area contributed by atoms with Crippen LogP contribution in [0.25, 0.3) is 0 Å². The first kappa shape index (κ1) is 16.8. The predicted octanol–water partition coefficient (Wildman–Crippen LogP) is 1.66. The smallest absolute Gasteiger partial charge is 0.317 e. The average Bonchev–Trinajstić information content (AvgIpc) is 2.53.